The second-order valence-corrected chi connectivity index (χ2v) is 10.8. The second kappa shape index (κ2) is 12.5. The van der Waals surface area contributed by atoms with Crippen LogP contribution in [-0.2, 0) is 4.74 Å². The lowest BCUT2D eigenvalue weighted by Gasteiger charge is -2.26. The Morgan fingerprint density at radius 3 is 2.71 bits per heavy atom. The summed E-state index contributed by atoms with van der Waals surface area (Å²) in [7, 11) is 1.61. The lowest BCUT2D eigenvalue weighted by atomic mass is 10.2. The van der Waals surface area contributed by atoms with Crippen LogP contribution < -0.4 is 19.5 Å². The average Bonchev–Trinajstić information content (AvgIpc) is 3.39. The van der Waals surface area contributed by atoms with E-state index in [9.17, 15) is 4.79 Å². The van der Waals surface area contributed by atoms with Crippen molar-refractivity contribution in [3.05, 3.63) is 57.7 Å². The summed E-state index contributed by atoms with van der Waals surface area (Å²) >= 11 is 4.55. The van der Waals surface area contributed by atoms with Gasteiger partial charge in [-0.25, -0.2) is 9.97 Å². The Labute approximate surface area is 232 Å². The first-order chi connectivity index (χ1) is 18.6. The van der Waals surface area contributed by atoms with Crippen LogP contribution in [0, 0.1) is 0 Å². The zero-order chi connectivity index (χ0) is 26.3. The molecule has 0 spiro atoms. The van der Waals surface area contributed by atoms with Crippen LogP contribution in [-0.4, -0.2) is 72.3 Å². The number of ether oxygens (including phenoxy) is 4. The predicted molar refractivity (Wildman–Crippen MR) is 148 cm³/mol. The molecule has 4 aromatic rings. The summed E-state index contributed by atoms with van der Waals surface area (Å²) in [6, 6.07) is 8.91. The summed E-state index contributed by atoms with van der Waals surface area (Å²) in [4.78, 5) is 27.5. The molecule has 3 aromatic heterocycles. The molecule has 0 unspecified atom stereocenters. The van der Waals surface area contributed by atoms with Crippen LogP contribution in [0.25, 0.3) is 10.9 Å². The number of nitrogens with zero attached hydrogens (tertiary/aromatic N) is 4. The number of fused-ring (bicyclic) bond motifs is 1. The van der Waals surface area contributed by atoms with Crippen molar-refractivity contribution in [2.75, 3.05) is 51.9 Å². The maximum atomic E-state index is 12.3. The minimum absolute atomic E-state index is 0.326. The first-order valence-corrected chi connectivity index (χ1v) is 13.7. The molecule has 1 aromatic carbocycles. The maximum Gasteiger partial charge on any atom is 0.285 e. The minimum Gasteiger partial charge on any atom is -0.493 e. The van der Waals surface area contributed by atoms with E-state index in [1.54, 1.807) is 43.9 Å². The summed E-state index contributed by atoms with van der Waals surface area (Å²) in [6.07, 6.45) is 5.71. The number of halogens is 1. The van der Waals surface area contributed by atoms with Crippen LogP contribution in [0.15, 0.2) is 52.7 Å². The van der Waals surface area contributed by atoms with E-state index >= 15 is 0 Å². The molecule has 0 atom stereocenters. The minimum atomic E-state index is -0.326. The fourth-order valence-corrected chi connectivity index (χ4v) is 5.06. The number of carbonyl (C=O) groups excluding carboxylic acids is 1. The van der Waals surface area contributed by atoms with Crippen LogP contribution in [0.5, 0.6) is 23.0 Å². The van der Waals surface area contributed by atoms with Gasteiger partial charge in [-0.1, -0.05) is 0 Å². The molecule has 4 heterocycles. The number of hydrogen-bond donors (Lipinski definition) is 1. The van der Waals surface area contributed by atoms with Gasteiger partial charge in [0.1, 0.15) is 17.3 Å². The van der Waals surface area contributed by atoms with Crippen molar-refractivity contribution < 1.29 is 23.7 Å². The van der Waals surface area contributed by atoms with Gasteiger partial charge in [0, 0.05) is 37.3 Å². The molecule has 10 nitrogen and oxygen atoms in total. The molecule has 0 aliphatic carbocycles. The first-order valence-electron chi connectivity index (χ1n) is 12.1. The van der Waals surface area contributed by atoms with Gasteiger partial charge in [-0.3, -0.25) is 14.7 Å². The number of benzene rings is 1. The third-order valence-corrected chi connectivity index (χ3v) is 7.32. The van der Waals surface area contributed by atoms with Crippen molar-refractivity contribution in [1.82, 2.24) is 19.9 Å². The number of morpholine rings is 1. The van der Waals surface area contributed by atoms with E-state index in [1.807, 2.05) is 12.1 Å². The van der Waals surface area contributed by atoms with Crippen LogP contribution in [0.1, 0.15) is 16.2 Å². The zero-order valence-corrected chi connectivity index (χ0v) is 23.1. The van der Waals surface area contributed by atoms with E-state index in [2.05, 4.69) is 41.1 Å². The zero-order valence-electron chi connectivity index (χ0n) is 20.7. The number of anilines is 1. The molecule has 1 aliphatic rings. The Morgan fingerprint density at radius 2 is 1.97 bits per heavy atom. The Balaban J connectivity index is 1.24. The van der Waals surface area contributed by atoms with Gasteiger partial charge in [-0.05, 0) is 46.6 Å². The summed E-state index contributed by atoms with van der Waals surface area (Å²) in [5.74, 6) is 2.42. The second-order valence-electron chi connectivity index (χ2n) is 8.39. The number of pyridine rings is 2. The highest BCUT2D eigenvalue weighted by Gasteiger charge is 2.15. The van der Waals surface area contributed by atoms with Gasteiger partial charge in [-0.2, -0.15) is 0 Å². The van der Waals surface area contributed by atoms with Gasteiger partial charge in [0.2, 0.25) is 0 Å². The smallest absolute Gasteiger partial charge is 0.285 e. The standard InChI is InChI=1S/C26H26BrN5O5S/c1-34-21-13-18-19(14-22(21)36-10-2-7-32-8-11-35-12-9-32)28-6-5-20(18)37-17-3-4-24(29-15-17)31-25(33)26-30-16-23(27)38-26/h3-6,13-16H,2,7-12H2,1H3,(H,29,31,33). The Morgan fingerprint density at radius 1 is 1.11 bits per heavy atom. The van der Waals surface area contributed by atoms with E-state index in [1.165, 1.54) is 11.3 Å². The normalized spacial score (nSPS) is 13.8. The fraction of sp³-hybridized carbons (Fsp3) is 0.308. The third-order valence-electron chi connectivity index (χ3n) is 5.84. The monoisotopic (exact) mass is 599 g/mol. The highest BCUT2D eigenvalue weighted by atomic mass is 79.9. The largest absolute Gasteiger partial charge is 0.493 e. The van der Waals surface area contributed by atoms with Crippen LogP contribution in [0.2, 0.25) is 0 Å². The first kappa shape index (κ1) is 26.3. The van der Waals surface area contributed by atoms with Gasteiger partial charge >= 0.3 is 0 Å². The van der Waals surface area contributed by atoms with Crippen molar-refractivity contribution in [2.24, 2.45) is 0 Å². The van der Waals surface area contributed by atoms with Gasteiger partial charge < -0.3 is 24.3 Å². The Hall–Kier alpha value is -3.32. The van der Waals surface area contributed by atoms with Crippen molar-refractivity contribution in [1.29, 1.82) is 0 Å². The molecule has 0 radical (unpaired) electrons. The number of aromatic nitrogens is 3. The molecule has 1 fully saturated rings. The predicted octanol–water partition coefficient (Wildman–Crippen LogP) is 5.00. The van der Waals surface area contributed by atoms with Gasteiger partial charge in [-0.15, -0.1) is 11.3 Å². The number of rotatable bonds is 10. The third kappa shape index (κ3) is 6.57. The molecule has 0 saturated carbocycles. The Bertz CT molecular complexity index is 1390. The van der Waals surface area contributed by atoms with Gasteiger partial charge in [0.25, 0.3) is 5.91 Å². The number of methoxy groups -OCH3 is 1. The molecule has 1 aliphatic heterocycles. The highest BCUT2D eigenvalue weighted by Crippen LogP contribution is 2.37. The van der Waals surface area contributed by atoms with E-state index < -0.39 is 0 Å². The van der Waals surface area contributed by atoms with Crippen LogP contribution in [0.3, 0.4) is 0 Å². The SMILES string of the molecule is COc1cc2c(Oc3ccc(NC(=O)c4ncc(Br)s4)nc3)ccnc2cc1OCCCN1CCOCC1. The lowest BCUT2D eigenvalue weighted by Crippen LogP contribution is -2.37. The molecule has 1 N–H and O–H groups in total. The van der Waals surface area contributed by atoms with E-state index in [4.69, 9.17) is 18.9 Å². The van der Waals surface area contributed by atoms with E-state index in [0.29, 0.717) is 40.4 Å². The molecule has 12 heteroatoms. The quantitative estimate of drug-likeness (QED) is 0.252. The van der Waals surface area contributed by atoms with E-state index in [-0.39, 0.29) is 5.91 Å². The summed E-state index contributed by atoms with van der Waals surface area (Å²) in [5, 5.41) is 3.84. The average molecular weight is 600 g/mol. The topological polar surface area (TPSA) is 108 Å². The molecular weight excluding hydrogens is 574 g/mol. The van der Waals surface area contributed by atoms with Gasteiger partial charge in [0.05, 0.1) is 48.6 Å². The summed E-state index contributed by atoms with van der Waals surface area (Å²) < 4.78 is 23.9. The lowest BCUT2D eigenvalue weighted by molar-refractivity contribution is 0.0357. The van der Waals surface area contributed by atoms with Gasteiger partial charge in [0.15, 0.2) is 16.5 Å². The molecule has 1 saturated heterocycles. The molecule has 0 bridgehead atoms. The number of amides is 1. The van der Waals surface area contributed by atoms with Crippen LogP contribution in [0.4, 0.5) is 5.82 Å². The van der Waals surface area contributed by atoms with Crippen LogP contribution >= 0.6 is 27.3 Å². The number of nitrogens with one attached hydrogen (secondary N) is 1. The maximum absolute atomic E-state index is 12.3. The Kier molecular flexibility index (Phi) is 8.64. The number of thiazole rings is 1. The van der Waals surface area contributed by atoms with Crippen molar-refractivity contribution >= 4 is 49.9 Å². The summed E-state index contributed by atoms with van der Waals surface area (Å²) in [6.45, 7) is 5.04. The molecule has 5 rings (SSSR count). The molecular formula is C26H26BrN5O5S. The van der Waals surface area contributed by atoms with E-state index in [0.717, 1.165) is 54.0 Å². The number of carbonyl (C=O) groups is 1. The number of hydrogen-bond acceptors (Lipinski definition) is 10. The molecule has 38 heavy (non-hydrogen) atoms. The van der Waals surface area contributed by atoms with Crippen molar-refractivity contribution in [3.8, 4) is 23.0 Å². The molecule has 198 valence electrons. The fourth-order valence-electron chi connectivity index (χ4n) is 3.96. The highest BCUT2D eigenvalue weighted by molar-refractivity contribution is 9.11. The van der Waals surface area contributed by atoms with Crippen molar-refractivity contribution in [2.45, 2.75) is 6.42 Å². The molecule has 1 amide bonds. The van der Waals surface area contributed by atoms with Crippen molar-refractivity contribution in [3.63, 3.8) is 0 Å². The summed E-state index contributed by atoms with van der Waals surface area (Å²) in [5.41, 5.74) is 0.720.